The number of terminal acetylenes is 1. The molecule has 1 saturated heterocycles. The highest BCUT2D eigenvalue weighted by atomic mass is 16.5. The Morgan fingerprint density at radius 3 is 3.00 bits per heavy atom. The number of nitrogens with two attached hydrogens (primary N) is 1. The molecule has 2 heterocycles. The summed E-state index contributed by atoms with van der Waals surface area (Å²) in [5, 5.41) is 18.6. The van der Waals surface area contributed by atoms with E-state index in [1.54, 1.807) is 0 Å². The van der Waals surface area contributed by atoms with Crippen LogP contribution in [0.15, 0.2) is 11.0 Å². The highest BCUT2D eigenvalue weighted by Crippen LogP contribution is 2.27. The summed E-state index contributed by atoms with van der Waals surface area (Å²) >= 11 is 0. The molecular formula is C11H13N3O4. The first-order chi connectivity index (χ1) is 8.56. The van der Waals surface area contributed by atoms with Gasteiger partial charge in [0.1, 0.15) is 18.1 Å². The van der Waals surface area contributed by atoms with Crippen LogP contribution in [0, 0.1) is 12.3 Å². The van der Waals surface area contributed by atoms with Crippen molar-refractivity contribution in [2.24, 2.45) is 0 Å². The zero-order chi connectivity index (χ0) is 13.3. The Labute approximate surface area is 103 Å². The van der Waals surface area contributed by atoms with Crippen LogP contribution in [0.25, 0.3) is 0 Å². The van der Waals surface area contributed by atoms with Gasteiger partial charge in [-0.2, -0.15) is 4.98 Å². The summed E-state index contributed by atoms with van der Waals surface area (Å²) in [6.07, 6.45) is 4.53. The lowest BCUT2D eigenvalue weighted by Gasteiger charge is -2.14. The highest BCUT2D eigenvalue weighted by molar-refractivity contribution is 5.47. The number of ether oxygens (including phenoxy) is 1. The van der Waals surface area contributed by atoms with E-state index in [1.165, 1.54) is 10.8 Å². The van der Waals surface area contributed by atoms with E-state index in [0.717, 1.165) is 0 Å². The first-order valence-electron chi connectivity index (χ1n) is 5.36. The van der Waals surface area contributed by atoms with Gasteiger partial charge in [-0.15, -0.1) is 6.42 Å². The molecule has 0 aromatic carbocycles. The molecule has 18 heavy (non-hydrogen) atoms. The van der Waals surface area contributed by atoms with Crippen molar-refractivity contribution < 1.29 is 14.9 Å². The predicted octanol–water partition coefficient (Wildman–Crippen LogP) is -1.55. The second-order valence-electron chi connectivity index (χ2n) is 3.99. The largest absolute Gasteiger partial charge is 0.394 e. The minimum atomic E-state index is -0.835. The SMILES string of the molecule is C#Cc1cn([C@H]2C[C@H](O)[C@@H](CO)O2)c(=O)nc1N. The van der Waals surface area contributed by atoms with Crippen molar-refractivity contribution in [3.05, 3.63) is 22.2 Å². The van der Waals surface area contributed by atoms with Gasteiger partial charge in [0.15, 0.2) is 0 Å². The van der Waals surface area contributed by atoms with Gasteiger partial charge in [0.2, 0.25) is 0 Å². The molecule has 2 rings (SSSR count). The lowest BCUT2D eigenvalue weighted by atomic mass is 10.2. The summed E-state index contributed by atoms with van der Waals surface area (Å²) < 4.78 is 6.51. The minimum Gasteiger partial charge on any atom is -0.394 e. The van der Waals surface area contributed by atoms with Gasteiger partial charge < -0.3 is 20.7 Å². The molecule has 0 unspecified atom stereocenters. The molecule has 1 aliphatic rings. The third kappa shape index (κ3) is 2.09. The van der Waals surface area contributed by atoms with Crippen molar-refractivity contribution in [1.82, 2.24) is 9.55 Å². The molecule has 1 fully saturated rings. The van der Waals surface area contributed by atoms with E-state index >= 15 is 0 Å². The van der Waals surface area contributed by atoms with Crippen LogP contribution in [-0.4, -0.2) is 38.6 Å². The number of nitrogen functional groups attached to an aromatic ring is 1. The van der Waals surface area contributed by atoms with Crippen LogP contribution in [0.2, 0.25) is 0 Å². The monoisotopic (exact) mass is 251 g/mol. The topological polar surface area (TPSA) is 111 Å². The minimum absolute atomic E-state index is 0.0176. The summed E-state index contributed by atoms with van der Waals surface area (Å²) in [5.41, 5.74) is 5.15. The van der Waals surface area contributed by atoms with Gasteiger partial charge in [0.05, 0.1) is 18.3 Å². The molecular weight excluding hydrogens is 238 g/mol. The molecule has 3 atom stereocenters. The second-order valence-corrected chi connectivity index (χ2v) is 3.99. The Morgan fingerprint density at radius 2 is 2.44 bits per heavy atom. The standard InChI is InChI=1S/C11H13N3O4/c1-2-6-4-14(11(17)13-10(6)12)9-3-7(16)8(5-15)18-9/h1,4,7-9,15-16H,3,5H2,(H2,12,13,17)/t7-,8+,9+/m0/s1. The van der Waals surface area contributed by atoms with E-state index in [9.17, 15) is 9.90 Å². The molecule has 1 aliphatic heterocycles. The van der Waals surface area contributed by atoms with Crippen LogP contribution in [0.1, 0.15) is 18.2 Å². The number of aliphatic hydroxyl groups excluding tert-OH is 2. The number of rotatable bonds is 2. The maximum absolute atomic E-state index is 11.7. The molecule has 7 heteroatoms. The molecule has 0 amide bonds. The van der Waals surface area contributed by atoms with Gasteiger partial charge >= 0.3 is 5.69 Å². The number of aromatic nitrogens is 2. The molecule has 0 saturated carbocycles. The van der Waals surface area contributed by atoms with Crippen LogP contribution in [0.4, 0.5) is 5.82 Å². The summed E-state index contributed by atoms with van der Waals surface area (Å²) in [6, 6.07) is 0. The Kier molecular flexibility index (Phi) is 3.34. The Balaban J connectivity index is 2.36. The molecule has 0 aliphatic carbocycles. The Hall–Kier alpha value is -1.88. The maximum atomic E-state index is 11.7. The van der Waals surface area contributed by atoms with Crippen LogP contribution in [-0.2, 0) is 4.74 Å². The van der Waals surface area contributed by atoms with Crippen molar-refractivity contribution in [1.29, 1.82) is 0 Å². The van der Waals surface area contributed by atoms with Crippen LogP contribution in [0.5, 0.6) is 0 Å². The predicted molar refractivity (Wildman–Crippen MR) is 62.5 cm³/mol. The second kappa shape index (κ2) is 4.78. The van der Waals surface area contributed by atoms with Crippen LogP contribution in [0.3, 0.4) is 0 Å². The van der Waals surface area contributed by atoms with Gasteiger partial charge in [-0.25, -0.2) is 4.79 Å². The molecule has 7 nitrogen and oxygen atoms in total. The summed E-state index contributed by atoms with van der Waals surface area (Å²) in [5.74, 6) is 2.29. The van der Waals surface area contributed by atoms with Gasteiger partial charge in [-0.05, 0) is 0 Å². The van der Waals surface area contributed by atoms with Gasteiger partial charge in [0.25, 0.3) is 0 Å². The number of aliphatic hydroxyl groups is 2. The molecule has 0 spiro atoms. The van der Waals surface area contributed by atoms with Crippen LogP contribution >= 0.6 is 0 Å². The van der Waals surface area contributed by atoms with Crippen molar-refractivity contribution in [2.75, 3.05) is 12.3 Å². The fourth-order valence-corrected chi connectivity index (χ4v) is 1.85. The smallest absolute Gasteiger partial charge is 0.351 e. The molecule has 0 radical (unpaired) electrons. The third-order valence-corrected chi connectivity index (χ3v) is 2.83. The fourth-order valence-electron chi connectivity index (χ4n) is 1.85. The average molecular weight is 251 g/mol. The molecule has 0 bridgehead atoms. The van der Waals surface area contributed by atoms with E-state index in [2.05, 4.69) is 10.9 Å². The van der Waals surface area contributed by atoms with Crippen molar-refractivity contribution in [3.8, 4) is 12.3 Å². The molecule has 96 valence electrons. The quantitative estimate of drug-likeness (QED) is 0.549. The highest BCUT2D eigenvalue weighted by Gasteiger charge is 2.35. The Morgan fingerprint density at radius 1 is 1.72 bits per heavy atom. The van der Waals surface area contributed by atoms with E-state index < -0.39 is 24.1 Å². The van der Waals surface area contributed by atoms with E-state index in [0.29, 0.717) is 0 Å². The number of hydrogen-bond acceptors (Lipinski definition) is 6. The zero-order valence-corrected chi connectivity index (χ0v) is 9.48. The summed E-state index contributed by atoms with van der Waals surface area (Å²) in [6.45, 7) is -0.323. The lowest BCUT2D eigenvalue weighted by Crippen LogP contribution is -2.28. The summed E-state index contributed by atoms with van der Waals surface area (Å²) in [4.78, 5) is 15.3. The number of anilines is 1. The lowest BCUT2D eigenvalue weighted by molar-refractivity contribution is -0.0458. The van der Waals surface area contributed by atoms with Gasteiger partial charge in [0, 0.05) is 12.6 Å². The first-order valence-corrected chi connectivity index (χ1v) is 5.36. The third-order valence-electron chi connectivity index (χ3n) is 2.83. The molecule has 1 aromatic heterocycles. The van der Waals surface area contributed by atoms with E-state index in [1.807, 2.05) is 0 Å². The van der Waals surface area contributed by atoms with E-state index in [-0.39, 0.29) is 24.4 Å². The van der Waals surface area contributed by atoms with Crippen LogP contribution < -0.4 is 11.4 Å². The van der Waals surface area contributed by atoms with Crippen molar-refractivity contribution in [3.63, 3.8) is 0 Å². The fraction of sp³-hybridized carbons (Fsp3) is 0.455. The van der Waals surface area contributed by atoms with Crippen molar-refractivity contribution in [2.45, 2.75) is 24.9 Å². The molecule has 1 aromatic rings. The van der Waals surface area contributed by atoms with Gasteiger partial charge in [-0.1, -0.05) is 5.92 Å². The summed E-state index contributed by atoms with van der Waals surface area (Å²) in [7, 11) is 0. The normalized spacial score (nSPS) is 27.1. The number of nitrogens with zero attached hydrogens (tertiary/aromatic N) is 2. The molecule has 4 N–H and O–H groups in total. The number of hydrogen-bond donors (Lipinski definition) is 3. The Bertz CT molecular complexity index is 548. The first kappa shape index (κ1) is 12.6. The van der Waals surface area contributed by atoms with E-state index in [4.69, 9.17) is 22.0 Å². The zero-order valence-electron chi connectivity index (χ0n) is 9.48. The van der Waals surface area contributed by atoms with Crippen molar-refractivity contribution >= 4 is 5.82 Å². The average Bonchev–Trinajstić information content (AvgIpc) is 2.70. The van der Waals surface area contributed by atoms with Gasteiger partial charge in [-0.3, -0.25) is 4.57 Å². The maximum Gasteiger partial charge on any atom is 0.351 e.